The average Bonchev–Trinajstić information content (AvgIpc) is 2.47. The summed E-state index contributed by atoms with van der Waals surface area (Å²) in [5, 5.41) is 9.53. The number of carboxylic acids is 1. The maximum absolute atomic E-state index is 11.0. The second kappa shape index (κ2) is 6.50. The number of ether oxygens (including phenoxy) is 2. The summed E-state index contributed by atoms with van der Waals surface area (Å²) in [4.78, 5) is 11.0. The van der Waals surface area contributed by atoms with Gasteiger partial charge in [-0.05, 0) is 43.3 Å². The van der Waals surface area contributed by atoms with Crippen LogP contribution >= 0.6 is 11.6 Å². The van der Waals surface area contributed by atoms with Crippen molar-refractivity contribution in [3.05, 3.63) is 47.0 Å². The van der Waals surface area contributed by atoms with Crippen LogP contribution in [0.2, 0.25) is 5.02 Å². The van der Waals surface area contributed by atoms with Crippen LogP contribution in [-0.2, 0) is 0 Å². The molecular weight excluding hydrogens is 292 g/mol. The van der Waals surface area contributed by atoms with Crippen molar-refractivity contribution in [3.63, 3.8) is 0 Å². The van der Waals surface area contributed by atoms with E-state index in [1.165, 1.54) is 19.2 Å². The van der Waals surface area contributed by atoms with Crippen LogP contribution in [0, 0.1) is 0 Å². The van der Waals surface area contributed by atoms with E-state index in [0.29, 0.717) is 23.1 Å². The van der Waals surface area contributed by atoms with Crippen molar-refractivity contribution in [3.8, 4) is 22.6 Å². The molecular formula is C16H15ClO4. The zero-order chi connectivity index (χ0) is 15.4. The van der Waals surface area contributed by atoms with Gasteiger partial charge < -0.3 is 14.6 Å². The van der Waals surface area contributed by atoms with Crippen LogP contribution in [0.5, 0.6) is 11.5 Å². The van der Waals surface area contributed by atoms with Gasteiger partial charge in [-0.3, -0.25) is 0 Å². The molecule has 0 bridgehead atoms. The summed E-state index contributed by atoms with van der Waals surface area (Å²) in [6, 6.07) is 10.0. The summed E-state index contributed by atoms with van der Waals surface area (Å²) in [6.07, 6.45) is 0. The lowest BCUT2D eigenvalue weighted by Crippen LogP contribution is -1.98. The van der Waals surface area contributed by atoms with Gasteiger partial charge in [-0.15, -0.1) is 0 Å². The van der Waals surface area contributed by atoms with Crippen molar-refractivity contribution in [2.24, 2.45) is 0 Å². The van der Waals surface area contributed by atoms with Crippen LogP contribution in [0.4, 0.5) is 0 Å². The summed E-state index contributed by atoms with van der Waals surface area (Å²) >= 11 is 6.28. The van der Waals surface area contributed by atoms with Gasteiger partial charge >= 0.3 is 5.97 Å². The molecule has 0 heterocycles. The van der Waals surface area contributed by atoms with Gasteiger partial charge in [-0.1, -0.05) is 11.6 Å². The molecule has 2 aromatic carbocycles. The minimum absolute atomic E-state index is 0.164. The van der Waals surface area contributed by atoms with E-state index in [-0.39, 0.29) is 5.56 Å². The average molecular weight is 307 g/mol. The van der Waals surface area contributed by atoms with Gasteiger partial charge in [0, 0.05) is 11.1 Å². The number of carbonyl (C=O) groups is 1. The second-order valence-corrected chi connectivity index (χ2v) is 4.70. The van der Waals surface area contributed by atoms with Crippen LogP contribution in [-0.4, -0.2) is 24.8 Å². The fraction of sp³-hybridized carbons (Fsp3) is 0.188. The Labute approximate surface area is 127 Å². The molecule has 21 heavy (non-hydrogen) atoms. The highest BCUT2D eigenvalue weighted by atomic mass is 35.5. The minimum Gasteiger partial charge on any atom is -0.496 e. The molecule has 110 valence electrons. The summed E-state index contributed by atoms with van der Waals surface area (Å²) in [5.74, 6) is 0.144. The van der Waals surface area contributed by atoms with Gasteiger partial charge in [0.1, 0.15) is 11.5 Å². The first-order chi connectivity index (χ1) is 10.1. The molecule has 0 aliphatic rings. The molecule has 0 spiro atoms. The number of methoxy groups -OCH3 is 1. The Bertz CT molecular complexity index is 667. The molecule has 0 aliphatic carbocycles. The Kier molecular flexibility index (Phi) is 4.70. The maximum atomic E-state index is 11.0. The third kappa shape index (κ3) is 3.28. The van der Waals surface area contributed by atoms with E-state index in [2.05, 4.69) is 0 Å². The number of hydrogen-bond acceptors (Lipinski definition) is 3. The Morgan fingerprint density at radius 3 is 2.48 bits per heavy atom. The van der Waals surface area contributed by atoms with Crippen molar-refractivity contribution in [1.29, 1.82) is 0 Å². The summed E-state index contributed by atoms with van der Waals surface area (Å²) in [7, 11) is 1.49. The van der Waals surface area contributed by atoms with E-state index >= 15 is 0 Å². The highest BCUT2D eigenvalue weighted by molar-refractivity contribution is 6.33. The van der Waals surface area contributed by atoms with Crippen molar-refractivity contribution in [2.45, 2.75) is 6.92 Å². The quantitative estimate of drug-likeness (QED) is 0.903. The number of carboxylic acid groups (broad SMARTS) is 1. The lowest BCUT2D eigenvalue weighted by molar-refractivity contribution is 0.0696. The van der Waals surface area contributed by atoms with Crippen molar-refractivity contribution in [1.82, 2.24) is 0 Å². The van der Waals surface area contributed by atoms with Crippen LogP contribution in [0.3, 0.4) is 0 Å². The summed E-state index contributed by atoms with van der Waals surface area (Å²) < 4.78 is 10.7. The van der Waals surface area contributed by atoms with Gasteiger partial charge in [0.2, 0.25) is 0 Å². The van der Waals surface area contributed by atoms with Crippen LogP contribution in [0.15, 0.2) is 36.4 Å². The number of hydrogen-bond donors (Lipinski definition) is 1. The van der Waals surface area contributed by atoms with E-state index in [1.54, 1.807) is 12.1 Å². The zero-order valence-electron chi connectivity index (χ0n) is 11.7. The Morgan fingerprint density at radius 1 is 1.19 bits per heavy atom. The highest BCUT2D eigenvalue weighted by Crippen LogP contribution is 2.37. The smallest absolute Gasteiger partial charge is 0.335 e. The van der Waals surface area contributed by atoms with E-state index in [9.17, 15) is 4.79 Å². The normalized spacial score (nSPS) is 10.2. The van der Waals surface area contributed by atoms with E-state index < -0.39 is 5.97 Å². The molecule has 2 rings (SSSR count). The number of rotatable bonds is 5. The van der Waals surface area contributed by atoms with Crippen molar-refractivity contribution in [2.75, 3.05) is 13.7 Å². The van der Waals surface area contributed by atoms with Gasteiger partial charge in [-0.2, -0.15) is 0 Å². The first-order valence-corrected chi connectivity index (χ1v) is 6.78. The Balaban J connectivity index is 2.48. The highest BCUT2D eigenvalue weighted by Gasteiger charge is 2.13. The van der Waals surface area contributed by atoms with Gasteiger partial charge in [0.25, 0.3) is 0 Å². The van der Waals surface area contributed by atoms with Crippen molar-refractivity contribution >= 4 is 17.6 Å². The zero-order valence-corrected chi connectivity index (χ0v) is 12.5. The fourth-order valence-corrected chi connectivity index (χ4v) is 2.29. The predicted molar refractivity (Wildman–Crippen MR) is 81.6 cm³/mol. The minimum atomic E-state index is -1.00. The summed E-state index contributed by atoms with van der Waals surface area (Å²) in [6.45, 7) is 2.46. The van der Waals surface area contributed by atoms with E-state index in [0.717, 1.165) is 11.1 Å². The molecule has 0 aromatic heterocycles. The predicted octanol–water partition coefficient (Wildman–Crippen LogP) is 4.11. The molecule has 5 heteroatoms. The largest absolute Gasteiger partial charge is 0.496 e. The van der Waals surface area contributed by atoms with E-state index in [1.807, 2.05) is 19.1 Å². The number of halogens is 1. The SMILES string of the molecule is CCOc1ccc(-c2ccc(C(=O)O)cc2OC)c(Cl)c1. The van der Waals surface area contributed by atoms with Crippen LogP contribution in [0.25, 0.3) is 11.1 Å². The first kappa shape index (κ1) is 15.2. The molecule has 1 N–H and O–H groups in total. The second-order valence-electron chi connectivity index (χ2n) is 4.29. The molecule has 4 nitrogen and oxygen atoms in total. The molecule has 2 aromatic rings. The number of aromatic carboxylic acids is 1. The molecule has 0 saturated heterocycles. The third-order valence-electron chi connectivity index (χ3n) is 2.99. The summed E-state index contributed by atoms with van der Waals surface area (Å²) in [5.41, 5.74) is 1.65. The molecule has 0 aliphatic heterocycles. The number of benzene rings is 2. The van der Waals surface area contributed by atoms with Gasteiger partial charge in [0.05, 0.1) is 24.3 Å². The topological polar surface area (TPSA) is 55.8 Å². The Hall–Kier alpha value is -2.20. The lowest BCUT2D eigenvalue weighted by atomic mass is 10.0. The molecule has 0 fully saturated rings. The fourth-order valence-electron chi connectivity index (χ4n) is 2.02. The lowest BCUT2D eigenvalue weighted by Gasteiger charge is -2.12. The van der Waals surface area contributed by atoms with Crippen molar-refractivity contribution < 1.29 is 19.4 Å². The Morgan fingerprint density at radius 2 is 1.90 bits per heavy atom. The van der Waals surface area contributed by atoms with Crippen LogP contribution < -0.4 is 9.47 Å². The van der Waals surface area contributed by atoms with Gasteiger partial charge in [-0.25, -0.2) is 4.79 Å². The maximum Gasteiger partial charge on any atom is 0.335 e. The molecule has 0 amide bonds. The molecule has 0 radical (unpaired) electrons. The first-order valence-electron chi connectivity index (χ1n) is 6.41. The molecule has 0 unspecified atom stereocenters. The van der Waals surface area contributed by atoms with Gasteiger partial charge in [0.15, 0.2) is 0 Å². The standard InChI is InChI=1S/C16H15ClO4/c1-3-21-11-5-7-12(14(17)9-11)13-6-4-10(16(18)19)8-15(13)20-2/h4-9H,3H2,1-2H3,(H,18,19). The molecule has 0 saturated carbocycles. The monoisotopic (exact) mass is 306 g/mol. The van der Waals surface area contributed by atoms with Crippen LogP contribution in [0.1, 0.15) is 17.3 Å². The third-order valence-corrected chi connectivity index (χ3v) is 3.30. The van der Waals surface area contributed by atoms with E-state index in [4.69, 9.17) is 26.2 Å². The molecule has 0 atom stereocenters.